The number of rotatable bonds is 4. The Bertz CT molecular complexity index is 1120. The molecule has 2 aromatic heterocycles. The zero-order valence-corrected chi connectivity index (χ0v) is 18.7. The Morgan fingerprint density at radius 1 is 1.38 bits per heavy atom. The van der Waals surface area contributed by atoms with Gasteiger partial charge in [0.1, 0.15) is 6.07 Å². The molecule has 4 heterocycles. The van der Waals surface area contributed by atoms with E-state index in [4.69, 9.17) is 4.74 Å². The average molecular weight is 435 g/mol. The van der Waals surface area contributed by atoms with Gasteiger partial charge in [0.25, 0.3) is 0 Å². The van der Waals surface area contributed by atoms with Gasteiger partial charge in [-0.3, -0.25) is 4.90 Å². The molecule has 0 bridgehead atoms. The average Bonchev–Trinajstić information content (AvgIpc) is 3.19. The highest BCUT2D eigenvalue weighted by atomic mass is 16.5. The first-order valence-electron chi connectivity index (χ1n) is 11.1. The van der Waals surface area contributed by atoms with Crippen LogP contribution < -0.4 is 5.32 Å². The number of nitriles is 1. The Kier molecular flexibility index (Phi) is 6.35. The van der Waals surface area contributed by atoms with Crippen molar-refractivity contribution in [1.29, 1.82) is 5.26 Å². The molecule has 4 rings (SSSR count). The van der Waals surface area contributed by atoms with Crippen molar-refractivity contribution in [2.75, 3.05) is 32.8 Å². The lowest BCUT2D eigenvalue weighted by atomic mass is 9.92. The Hall–Kier alpha value is -3.08. The number of hydrogen-bond acceptors (Lipinski definition) is 5. The summed E-state index contributed by atoms with van der Waals surface area (Å²) in [4.78, 5) is 14.4. The quantitative estimate of drug-likeness (QED) is 0.761. The van der Waals surface area contributed by atoms with Crippen LogP contribution in [0.3, 0.4) is 0 Å². The van der Waals surface area contributed by atoms with Crippen LogP contribution in [-0.4, -0.2) is 53.2 Å². The summed E-state index contributed by atoms with van der Waals surface area (Å²) in [6.07, 6.45) is 5.76. The number of aromatic carboxylic acids is 1. The fourth-order valence-electron chi connectivity index (χ4n) is 4.90. The number of nitrogens with one attached hydrogen (secondary N) is 1. The third-order valence-corrected chi connectivity index (χ3v) is 6.79. The van der Waals surface area contributed by atoms with Crippen LogP contribution in [-0.2, 0) is 4.74 Å². The van der Waals surface area contributed by atoms with Crippen molar-refractivity contribution < 1.29 is 14.6 Å². The van der Waals surface area contributed by atoms with Crippen molar-refractivity contribution in [2.45, 2.75) is 38.6 Å². The number of carbonyl (C=O) groups is 1. The topological polar surface area (TPSA) is 90.0 Å². The maximum Gasteiger partial charge on any atom is 0.336 e. The molecule has 2 aliphatic heterocycles. The SMILES string of the molecule is C=C1NCCC(c2cc3cc(C(=O)O)c(C)c(C(C)N4CCOCC4)n3c2)C/C=C\1C#N. The number of aromatic nitrogens is 1. The molecule has 0 saturated carbocycles. The van der Waals surface area contributed by atoms with Crippen LogP contribution in [0.25, 0.3) is 5.52 Å². The lowest BCUT2D eigenvalue weighted by molar-refractivity contribution is 0.0187. The van der Waals surface area contributed by atoms with E-state index in [9.17, 15) is 15.2 Å². The molecule has 2 N–H and O–H groups in total. The summed E-state index contributed by atoms with van der Waals surface area (Å²) in [6.45, 7) is 11.8. The number of pyridine rings is 1. The Morgan fingerprint density at radius 2 is 2.12 bits per heavy atom. The highest BCUT2D eigenvalue weighted by Gasteiger charge is 2.26. The summed E-state index contributed by atoms with van der Waals surface area (Å²) in [5.41, 5.74) is 5.47. The van der Waals surface area contributed by atoms with Gasteiger partial charge in [0.15, 0.2) is 0 Å². The van der Waals surface area contributed by atoms with Gasteiger partial charge in [0.2, 0.25) is 0 Å². The number of morpholine rings is 1. The monoisotopic (exact) mass is 434 g/mol. The van der Waals surface area contributed by atoms with E-state index in [1.807, 2.05) is 13.0 Å². The summed E-state index contributed by atoms with van der Waals surface area (Å²) in [7, 11) is 0. The van der Waals surface area contributed by atoms with E-state index >= 15 is 0 Å². The lowest BCUT2D eigenvalue weighted by Crippen LogP contribution is -2.39. The van der Waals surface area contributed by atoms with Crippen molar-refractivity contribution in [3.8, 4) is 6.07 Å². The van der Waals surface area contributed by atoms with Crippen LogP contribution in [0.15, 0.2) is 42.3 Å². The third kappa shape index (κ3) is 4.16. The number of nitrogens with zero attached hydrogens (tertiary/aromatic N) is 3. The zero-order valence-electron chi connectivity index (χ0n) is 18.7. The van der Waals surface area contributed by atoms with Crippen LogP contribution in [0.5, 0.6) is 0 Å². The predicted molar refractivity (Wildman–Crippen MR) is 123 cm³/mol. The van der Waals surface area contributed by atoms with Gasteiger partial charge in [-0.2, -0.15) is 5.26 Å². The first-order chi connectivity index (χ1) is 15.4. The number of carboxylic acid groups (broad SMARTS) is 1. The van der Waals surface area contributed by atoms with Crippen molar-refractivity contribution >= 4 is 11.5 Å². The van der Waals surface area contributed by atoms with Crippen LogP contribution in [0.4, 0.5) is 0 Å². The van der Waals surface area contributed by atoms with Gasteiger partial charge in [0, 0.05) is 48.8 Å². The van der Waals surface area contributed by atoms with Crippen molar-refractivity contribution in [3.63, 3.8) is 0 Å². The summed E-state index contributed by atoms with van der Waals surface area (Å²) in [5, 5.41) is 22.5. The predicted octanol–water partition coefficient (Wildman–Crippen LogP) is 3.77. The third-order valence-electron chi connectivity index (χ3n) is 6.79. The highest BCUT2D eigenvalue weighted by Crippen LogP contribution is 2.33. The second-order valence-corrected chi connectivity index (χ2v) is 8.62. The van der Waals surface area contributed by atoms with Gasteiger partial charge >= 0.3 is 5.97 Å². The first kappa shape index (κ1) is 22.1. The molecule has 7 nitrogen and oxygen atoms in total. The molecule has 32 heavy (non-hydrogen) atoms. The molecular formula is C25H30N4O3. The Balaban J connectivity index is 1.78. The van der Waals surface area contributed by atoms with E-state index in [0.29, 0.717) is 30.0 Å². The molecule has 1 saturated heterocycles. The van der Waals surface area contributed by atoms with Gasteiger partial charge in [-0.25, -0.2) is 4.79 Å². The van der Waals surface area contributed by atoms with E-state index in [0.717, 1.165) is 54.8 Å². The number of allylic oxidation sites excluding steroid dienone is 2. The number of hydrogen-bond donors (Lipinski definition) is 2. The maximum absolute atomic E-state index is 12.0. The molecule has 2 aliphatic rings. The summed E-state index contributed by atoms with van der Waals surface area (Å²) in [6, 6.07) is 6.16. The normalized spacial score (nSPS) is 22.8. The molecule has 7 heteroatoms. The second-order valence-electron chi connectivity index (χ2n) is 8.62. The Morgan fingerprint density at radius 3 is 2.81 bits per heavy atom. The second kappa shape index (κ2) is 9.19. The Labute approximate surface area is 188 Å². The largest absolute Gasteiger partial charge is 0.478 e. The molecule has 0 amide bonds. The van der Waals surface area contributed by atoms with Crippen molar-refractivity contribution in [2.24, 2.45) is 0 Å². The van der Waals surface area contributed by atoms with Crippen LogP contribution in [0.1, 0.15) is 58.9 Å². The molecular weight excluding hydrogens is 404 g/mol. The summed E-state index contributed by atoms with van der Waals surface area (Å²) >= 11 is 0. The minimum atomic E-state index is -0.904. The van der Waals surface area contributed by atoms with Crippen LogP contribution >= 0.6 is 0 Å². The molecule has 0 aliphatic carbocycles. The van der Waals surface area contributed by atoms with E-state index in [-0.39, 0.29) is 12.0 Å². The van der Waals surface area contributed by atoms with Crippen LogP contribution in [0, 0.1) is 18.3 Å². The molecule has 0 radical (unpaired) electrons. The minimum absolute atomic E-state index is 0.0633. The molecule has 1 fully saturated rings. The fraction of sp³-hybridized carbons (Fsp3) is 0.440. The molecule has 168 valence electrons. The maximum atomic E-state index is 12.0. The van der Waals surface area contributed by atoms with Gasteiger partial charge in [-0.1, -0.05) is 12.7 Å². The standard InChI is InChI=1S/C25H30N4O3/c1-16-23(25(30)31)13-22-12-21(19-4-5-20(14-26)17(2)27-7-6-19)15-29(22)24(16)18(3)28-8-10-32-11-9-28/h5,12-13,15,18-19,27H,2,4,6-11H2,1,3H3,(H,30,31)/b20-5-. The molecule has 0 spiro atoms. The van der Waals surface area contributed by atoms with Crippen molar-refractivity contribution in [3.05, 3.63) is 64.6 Å². The van der Waals surface area contributed by atoms with Gasteiger partial charge < -0.3 is 19.6 Å². The van der Waals surface area contributed by atoms with E-state index < -0.39 is 5.97 Å². The van der Waals surface area contributed by atoms with E-state index in [2.05, 4.69) is 46.5 Å². The fourth-order valence-corrected chi connectivity index (χ4v) is 4.90. The molecule has 0 aromatic carbocycles. The molecule has 2 aromatic rings. The highest BCUT2D eigenvalue weighted by molar-refractivity contribution is 5.91. The summed E-state index contributed by atoms with van der Waals surface area (Å²) in [5.74, 6) is -0.669. The van der Waals surface area contributed by atoms with E-state index in [1.54, 1.807) is 6.07 Å². The lowest BCUT2D eigenvalue weighted by Gasteiger charge is -2.34. The van der Waals surface area contributed by atoms with Gasteiger partial charge in [-0.05, 0) is 55.9 Å². The zero-order chi connectivity index (χ0) is 22.8. The van der Waals surface area contributed by atoms with Crippen LogP contribution in [0.2, 0.25) is 0 Å². The van der Waals surface area contributed by atoms with Gasteiger partial charge in [-0.15, -0.1) is 0 Å². The number of carboxylic acids is 1. The number of ether oxygens (including phenoxy) is 1. The van der Waals surface area contributed by atoms with E-state index in [1.165, 1.54) is 0 Å². The minimum Gasteiger partial charge on any atom is -0.478 e. The molecule has 2 unspecified atom stereocenters. The van der Waals surface area contributed by atoms with Gasteiger partial charge in [0.05, 0.1) is 24.4 Å². The van der Waals surface area contributed by atoms with Crippen molar-refractivity contribution in [1.82, 2.24) is 14.6 Å². The molecule has 2 atom stereocenters. The smallest absolute Gasteiger partial charge is 0.336 e. The summed E-state index contributed by atoms with van der Waals surface area (Å²) < 4.78 is 7.68. The first-order valence-corrected chi connectivity index (χ1v) is 11.1. The number of fused-ring (bicyclic) bond motifs is 1.